The fraction of sp³-hybridized carbons (Fsp3) is 0.0217. The topological polar surface area (TPSA) is 56.1 Å². The molecule has 0 N–H and O–H groups in total. The molecule has 0 spiro atoms. The van der Waals surface area contributed by atoms with Gasteiger partial charge in [-0.2, -0.15) is 9.97 Å². The minimum Gasteiger partial charge on any atom is -0.464 e. The number of nitrogens with zero attached hydrogens (tertiary/aromatic N) is 5. The maximum absolute atomic E-state index is 6.63. The molecule has 1 unspecified atom stereocenters. The Morgan fingerprint density at radius 1 is 0.528 bits per heavy atom. The van der Waals surface area contributed by atoms with Crippen LogP contribution in [0.3, 0.4) is 0 Å². The summed E-state index contributed by atoms with van der Waals surface area (Å²) in [6.45, 7) is 0. The van der Waals surface area contributed by atoms with E-state index in [0.717, 1.165) is 55.6 Å². The third-order valence-corrected chi connectivity index (χ3v) is 11.3. The highest BCUT2D eigenvalue weighted by Gasteiger charge is 2.34. The van der Waals surface area contributed by atoms with Crippen LogP contribution in [0, 0.1) is 0 Å². The van der Waals surface area contributed by atoms with Crippen LogP contribution in [0.25, 0.3) is 70.7 Å². The van der Waals surface area contributed by atoms with E-state index in [1.807, 2.05) is 65.9 Å². The fourth-order valence-electron chi connectivity index (χ4n) is 7.69. The Morgan fingerprint density at radius 3 is 1.92 bits per heavy atom. The van der Waals surface area contributed by atoms with Gasteiger partial charge >= 0.3 is 0 Å². The molecule has 250 valence electrons. The zero-order chi connectivity index (χ0) is 34.9. The quantitative estimate of drug-likeness (QED) is 0.179. The predicted octanol–water partition coefficient (Wildman–Crippen LogP) is 11.9. The average Bonchev–Trinajstić information content (AvgIpc) is 3.91. The van der Waals surface area contributed by atoms with Crippen molar-refractivity contribution < 1.29 is 4.74 Å². The SMILES string of the molecule is c1ccc(-c2nc(-c3ccccc3)nc(-n3c4ccc(N5c6ccccc6OC5c5ccccc5)cc4c4ccc5c6ccccc6sc5c43)n2)cc1. The molecule has 11 rings (SSSR count). The first-order valence-corrected chi connectivity index (χ1v) is 18.5. The van der Waals surface area contributed by atoms with Crippen LogP contribution < -0.4 is 9.64 Å². The second-order valence-corrected chi connectivity index (χ2v) is 14.3. The molecule has 0 fully saturated rings. The lowest BCUT2D eigenvalue weighted by molar-refractivity contribution is 0.240. The Labute approximate surface area is 308 Å². The molecule has 1 aliphatic rings. The standard InChI is InChI=1S/C46H29N5OS/c1-4-14-29(15-5-1)43-47-44(30-16-6-2-7-17-30)49-46(48-43)51-37-27-24-32(50-38-21-11-12-22-39(38)52-45(50)31-18-8-3-9-19-31)28-36(37)34-25-26-35-33-20-10-13-23-40(33)53-42(35)41(34)51/h1-28,45H. The molecule has 53 heavy (non-hydrogen) atoms. The molecule has 10 aromatic rings. The smallest absolute Gasteiger partial charge is 0.238 e. The van der Waals surface area contributed by atoms with Crippen molar-refractivity contribution in [2.45, 2.75) is 6.23 Å². The number of benzene rings is 7. The van der Waals surface area contributed by atoms with Gasteiger partial charge in [0, 0.05) is 48.6 Å². The Bertz CT molecular complexity index is 2940. The van der Waals surface area contributed by atoms with Gasteiger partial charge in [0.15, 0.2) is 11.6 Å². The molecule has 0 radical (unpaired) electrons. The summed E-state index contributed by atoms with van der Waals surface area (Å²) in [6.07, 6.45) is -0.306. The van der Waals surface area contributed by atoms with Gasteiger partial charge in [0.25, 0.3) is 0 Å². The zero-order valence-corrected chi connectivity index (χ0v) is 29.1. The average molecular weight is 700 g/mol. The number of ether oxygens (including phenoxy) is 1. The normalized spacial score (nSPS) is 14.0. The summed E-state index contributed by atoms with van der Waals surface area (Å²) < 4.78 is 11.3. The molecular formula is C46H29N5OS. The van der Waals surface area contributed by atoms with Crippen molar-refractivity contribution >= 4 is 64.7 Å². The van der Waals surface area contributed by atoms with Gasteiger partial charge in [0.2, 0.25) is 12.2 Å². The lowest BCUT2D eigenvalue weighted by atomic mass is 10.1. The highest BCUT2D eigenvalue weighted by atomic mass is 32.1. The van der Waals surface area contributed by atoms with E-state index < -0.39 is 0 Å². The van der Waals surface area contributed by atoms with E-state index in [0.29, 0.717) is 17.6 Å². The van der Waals surface area contributed by atoms with Crippen LogP contribution >= 0.6 is 11.3 Å². The third kappa shape index (κ3) is 4.75. The van der Waals surface area contributed by atoms with Crippen molar-refractivity contribution in [1.82, 2.24) is 19.5 Å². The minimum atomic E-state index is -0.306. The van der Waals surface area contributed by atoms with E-state index >= 15 is 0 Å². The lowest BCUT2D eigenvalue weighted by Gasteiger charge is -2.26. The van der Waals surface area contributed by atoms with Crippen molar-refractivity contribution in [2.75, 3.05) is 4.90 Å². The van der Waals surface area contributed by atoms with E-state index in [1.165, 1.54) is 20.2 Å². The fourth-order valence-corrected chi connectivity index (χ4v) is 8.93. The molecule has 1 atom stereocenters. The first kappa shape index (κ1) is 29.9. The van der Waals surface area contributed by atoms with Crippen molar-refractivity contribution in [3.63, 3.8) is 0 Å². The molecular weight excluding hydrogens is 671 g/mol. The number of aromatic nitrogens is 4. The molecule has 0 saturated carbocycles. The van der Waals surface area contributed by atoms with E-state index in [-0.39, 0.29) is 6.23 Å². The van der Waals surface area contributed by atoms with E-state index in [9.17, 15) is 0 Å². The Kier molecular flexibility index (Phi) is 6.69. The first-order chi connectivity index (χ1) is 26.3. The van der Waals surface area contributed by atoms with Crippen molar-refractivity contribution in [3.8, 4) is 34.5 Å². The monoisotopic (exact) mass is 699 g/mol. The van der Waals surface area contributed by atoms with Crippen molar-refractivity contribution in [1.29, 1.82) is 0 Å². The van der Waals surface area contributed by atoms with Crippen molar-refractivity contribution in [2.24, 2.45) is 0 Å². The second kappa shape index (κ2) is 11.9. The van der Waals surface area contributed by atoms with Gasteiger partial charge in [-0.25, -0.2) is 4.98 Å². The predicted molar refractivity (Wildman–Crippen MR) is 216 cm³/mol. The van der Waals surface area contributed by atoms with E-state index in [2.05, 4.69) is 125 Å². The molecule has 1 aliphatic heterocycles. The Morgan fingerprint density at radius 2 is 1.17 bits per heavy atom. The van der Waals surface area contributed by atoms with Gasteiger partial charge in [-0.3, -0.25) is 9.47 Å². The molecule has 7 heteroatoms. The van der Waals surface area contributed by atoms with Gasteiger partial charge < -0.3 is 4.74 Å². The third-order valence-electron chi connectivity index (χ3n) is 10.1. The van der Waals surface area contributed by atoms with Gasteiger partial charge in [-0.05, 0) is 36.4 Å². The van der Waals surface area contributed by atoms with Crippen LogP contribution in [0.2, 0.25) is 0 Å². The Hall–Kier alpha value is -6.83. The molecule has 6 nitrogen and oxygen atoms in total. The first-order valence-electron chi connectivity index (χ1n) is 17.6. The molecule has 3 aromatic heterocycles. The van der Waals surface area contributed by atoms with Gasteiger partial charge in [0.05, 0.1) is 21.4 Å². The molecule has 0 bridgehead atoms. The van der Waals surface area contributed by atoms with Crippen LogP contribution in [0.15, 0.2) is 170 Å². The number of thiophene rings is 1. The maximum atomic E-state index is 6.63. The zero-order valence-electron chi connectivity index (χ0n) is 28.3. The highest BCUT2D eigenvalue weighted by molar-refractivity contribution is 7.26. The number of fused-ring (bicyclic) bond motifs is 8. The summed E-state index contributed by atoms with van der Waals surface area (Å²) in [5.74, 6) is 2.69. The van der Waals surface area contributed by atoms with Crippen LogP contribution in [-0.4, -0.2) is 19.5 Å². The van der Waals surface area contributed by atoms with Crippen LogP contribution in [0.1, 0.15) is 11.8 Å². The summed E-state index contributed by atoms with van der Waals surface area (Å²) in [7, 11) is 0. The van der Waals surface area contributed by atoms with Crippen LogP contribution in [-0.2, 0) is 0 Å². The highest BCUT2D eigenvalue weighted by Crippen LogP contribution is 2.49. The van der Waals surface area contributed by atoms with Crippen LogP contribution in [0.4, 0.5) is 11.4 Å². The maximum Gasteiger partial charge on any atom is 0.238 e. The summed E-state index contributed by atoms with van der Waals surface area (Å²) in [6, 6.07) is 58.9. The molecule has 0 saturated heterocycles. The van der Waals surface area contributed by atoms with E-state index in [4.69, 9.17) is 19.7 Å². The van der Waals surface area contributed by atoms with Gasteiger partial charge in [0.1, 0.15) is 5.75 Å². The minimum absolute atomic E-state index is 0.306. The molecule has 0 amide bonds. The summed E-state index contributed by atoms with van der Waals surface area (Å²) >= 11 is 1.81. The van der Waals surface area contributed by atoms with Crippen molar-refractivity contribution in [3.05, 3.63) is 175 Å². The number of hydrogen-bond donors (Lipinski definition) is 0. The number of anilines is 2. The lowest BCUT2D eigenvalue weighted by Crippen LogP contribution is -2.22. The van der Waals surface area contributed by atoms with Gasteiger partial charge in [-0.1, -0.05) is 133 Å². The largest absolute Gasteiger partial charge is 0.464 e. The summed E-state index contributed by atoms with van der Waals surface area (Å²) in [5, 5.41) is 4.70. The number of rotatable bonds is 5. The summed E-state index contributed by atoms with van der Waals surface area (Å²) in [5.41, 5.74) is 7.13. The van der Waals surface area contributed by atoms with Crippen LogP contribution in [0.5, 0.6) is 5.75 Å². The number of para-hydroxylation sites is 2. The molecule has 7 aromatic carbocycles. The van der Waals surface area contributed by atoms with Gasteiger partial charge in [-0.15, -0.1) is 11.3 Å². The Balaban J connectivity index is 1.21. The van der Waals surface area contributed by atoms with E-state index in [1.54, 1.807) is 0 Å². The summed E-state index contributed by atoms with van der Waals surface area (Å²) in [4.78, 5) is 17.8. The second-order valence-electron chi connectivity index (χ2n) is 13.2. The molecule has 0 aliphatic carbocycles. The number of hydrogen-bond acceptors (Lipinski definition) is 6. The molecule has 4 heterocycles.